The molecule has 1 rings (SSSR count). The maximum Gasteiger partial charge on any atom is 0.0770 e. The lowest BCUT2D eigenvalue weighted by Crippen LogP contribution is -1.84. The van der Waals surface area contributed by atoms with Crippen LogP contribution < -0.4 is 0 Å². The molecule has 0 fully saturated rings. The van der Waals surface area contributed by atoms with Gasteiger partial charge in [-0.3, -0.25) is 0 Å². The molecule has 1 heterocycles. The highest BCUT2D eigenvalue weighted by atomic mass is 79.9. The molecule has 3 heteroatoms. The van der Waals surface area contributed by atoms with Crippen LogP contribution in [0.2, 0.25) is 0 Å². The van der Waals surface area contributed by atoms with Gasteiger partial charge in [0.25, 0.3) is 0 Å². The first-order chi connectivity index (χ1) is 4.20. The predicted molar refractivity (Wildman–Crippen MR) is 42.7 cm³/mol. The molecule has 0 saturated carbocycles. The Morgan fingerprint density at radius 1 is 1.78 bits per heavy atom. The zero-order chi connectivity index (χ0) is 6.85. The number of aliphatic hydroxyl groups excluding tert-OH is 1. The second kappa shape index (κ2) is 2.82. The highest BCUT2D eigenvalue weighted by Gasteiger charge is 2.01. The van der Waals surface area contributed by atoms with Crippen molar-refractivity contribution in [2.24, 2.45) is 0 Å². The summed E-state index contributed by atoms with van der Waals surface area (Å²) in [5.74, 6) is 0. The Labute approximate surface area is 66.5 Å². The van der Waals surface area contributed by atoms with Crippen molar-refractivity contribution in [2.75, 3.05) is 0 Å². The van der Waals surface area contributed by atoms with Crippen LogP contribution in [0.4, 0.5) is 0 Å². The summed E-state index contributed by atoms with van der Waals surface area (Å²) in [7, 11) is 0. The summed E-state index contributed by atoms with van der Waals surface area (Å²) in [6.07, 6.45) is -0.340. The maximum atomic E-state index is 9.02. The lowest BCUT2D eigenvalue weighted by atomic mass is 10.2. The fourth-order valence-corrected chi connectivity index (χ4v) is 1.80. The van der Waals surface area contributed by atoms with E-state index in [-0.39, 0.29) is 6.10 Å². The first-order valence-corrected chi connectivity index (χ1v) is 4.29. The zero-order valence-electron chi connectivity index (χ0n) is 4.97. The minimum absolute atomic E-state index is 0.340. The third-order valence-corrected chi connectivity index (χ3v) is 2.59. The van der Waals surface area contributed by atoms with Gasteiger partial charge in [-0.2, -0.15) is 0 Å². The van der Waals surface area contributed by atoms with Crippen LogP contribution in [0.1, 0.15) is 18.6 Å². The number of hydrogen-bond donors (Lipinski definition) is 1. The molecule has 0 aliphatic rings. The van der Waals surface area contributed by atoms with Crippen molar-refractivity contribution < 1.29 is 5.11 Å². The Balaban J connectivity index is 2.85. The van der Waals surface area contributed by atoms with Crippen molar-refractivity contribution in [3.63, 3.8) is 0 Å². The Morgan fingerprint density at radius 3 is 2.67 bits per heavy atom. The number of halogens is 1. The van der Waals surface area contributed by atoms with Crippen molar-refractivity contribution in [1.29, 1.82) is 0 Å². The molecule has 0 radical (unpaired) electrons. The summed E-state index contributed by atoms with van der Waals surface area (Å²) < 4.78 is 1.07. The second-order valence-corrected chi connectivity index (χ2v) is 4.15. The summed E-state index contributed by atoms with van der Waals surface area (Å²) in [6.45, 7) is 1.76. The third kappa shape index (κ3) is 1.78. The van der Waals surface area contributed by atoms with Gasteiger partial charge < -0.3 is 5.11 Å². The lowest BCUT2D eigenvalue weighted by Gasteiger charge is -1.95. The average molecular weight is 207 g/mol. The van der Waals surface area contributed by atoms with Crippen molar-refractivity contribution in [1.82, 2.24) is 0 Å². The van der Waals surface area contributed by atoms with E-state index in [0.29, 0.717) is 0 Å². The number of aliphatic hydroxyl groups is 1. The average Bonchev–Trinajstić information content (AvgIpc) is 2.14. The molecule has 0 amide bonds. The third-order valence-electron chi connectivity index (χ3n) is 1.07. The van der Waals surface area contributed by atoms with E-state index < -0.39 is 0 Å². The maximum absolute atomic E-state index is 9.02. The molecule has 1 nitrogen and oxygen atoms in total. The quantitative estimate of drug-likeness (QED) is 0.750. The number of thiophene rings is 1. The van der Waals surface area contributed by atoms with Crippen LogP contribution in [-0.4, -0.2) is 5.11 Å². The van der Waals surface area contributed by atoms with Crippen LogP contribution >= 0.6 is 27.3 Å². The van der Waals surface area contributed by atoms with Gasteiger partial charge in [0, 0.05) is 0 Å². The van der Waals surface area contributed by atoms with Gasteiger partial charge >= 0.3 is 0 Å². The standard InChI is InChI=1S/C6H7BrOS/c1-4(8)5-2-6(7)9-3-5/h2-4,8H,1H3. The number of rotatable bonds is 1. The molecule has 9 heavy (non-hydrogen) atoms. The summed E-state index contributed by atoms with van der Waals surface area (Å²) in [6, 6.07) is 1.93. The van der Waals surface area contributed by atoms with E-state index in [1.165, 1.54) is 0 Å². The summed E-state index contributed by atoms with van der Waals surface area (Å²) >= 11 is 4.90. The molecular weight excluding hydrogens is 200 g/mol. The van der Waals surface area contributed by atoms with Crippen LogP contribution in [0, 0.1) is 0 Å². The van der Waals surface area contributed by atoms with Gasteiger partial charge in [-0.15, -0.1) is 11.3 Å². The van der Waals surface area contributed by atoms with Crippen LogP contribution in [0.5, 0.6) is 0 Å². The molecule has 1 aromatic rings. The van der Waals surface area contributed by atoms with Crippen molar-refractivity contribution in [3.8, 4) is 0 Å². The van der Waals surface area contributed by atoms with Gasteiger partial charge in [0.1, 0.15) is 0 Å². The van der Waals surface area contributed by atoms with E-state index in [1.54, 1.807) is 18.3 Å². The van der Waals surface area contributed by atoms with Crippen LogP contribution in [0.15, 0.2) is 15.2 Å². The molecule has 1 unspecified atom stereocenters. The van der Waals surface area contributed by atoms with Crippen molar-refractivity contribution in [2.45, 2.75) is 13.0 Å². The number of hydrogen-bond acceptors (Lipinski definition) is 2. The highest BCUT2D eigenvalue weighted by Crippen LogP contribution is 2.24. The second-order valence-electron chi connectivity index (χ2n) is 1.86. The molecule has 0 aliphatic carbocycles. The molecule has 0 aromatic carbocycles. The first kappa shape index (κ1) is 7.25. The first-order valence-electron chi connectivity index (χ1n) is 2.62. The Hall–Kier alpha value is 0.140. The normalized spacial score (nSPS) is 13.7. The molecule has 0 saturated heterocycles. The summed E-state index contributed by atoms with van der Waals surface area (Å²) in [5.41, 5.74) is 0.979. The highest BCUT2D eigenvalue weighted by molar-refractivity contribution is 9.11. The largest absolute Gasteiger partial charge is 0.389 e. The molecule has 0 spiro atoms. The molecule has 1 N–H and O–H groups in total. The van der Waals surface area contributed by atoms with E-state index in [2.05, 4.69) is 15.9 Å². The topological polar surface area (TPSA) is 20.2 Å². The van der Waals surface area contributed by atoms with E-state index >= 15 is 0 Å². The van der Waals surface area contributed by atoms with Gasteiger partial charge in [0.05, 0.1) is 9.89 Å². The molecule has 1 atom stereocenters. The SMILES string of the molecule is CC(O)c1csc(Br)c1. The van der Waals surface area contributed by atoms with E-state index in [0.717, 1.165) is 9.35 Å². The molecule has 1 aromatic heterocycles. The van der Waals surface area contributed by atoms with Crippen LogP contribution in [-0.2, 0) is 0 Å². The van der Waals surface area contributed by atoms with Crippen molar-refractivity contribution >= 4 is 27.3 Å². The van der Waals surface area contributed by atoms with Crippen LogP contribution in [0.25, 0.3) is 0 Å². The summed E-state index contributed by atoms with van der Waals surface area (Å²) in [5, 5.41) is 11.0. The Bertz CT molecular complexity index is 195. The van der Waals surface area contributed by atoms with Gasteiger partial charge in [0.15, 0.2) is 0 Å². The molecule has 0 bridgehead atoms. The molecule has 50 valence electrons. The Morgan fingerprint density at radius 2 is 2.44 bits per heavy atom. The lowest BCUT2D eigenvalue weighted by molar-refractivity contribution is 0.200. The smallest absolute Gasteiger partial charge is 0.0770 e. The predicted octanol–water partition coefficient (Wildman–Crippen LogP) is 2.56. The van der Waals surface area contributed by atoms with Gasteiger partial charge in [-0.25, -0.2) is 0 Å². The minimum atomic E-state index is -0.340. The van der Waals surface area contributed by atoms with E-state index in [4.69, 9.17) is 5.11 Å². The monoisotopic (exact) mass is 206 g/mol. The molecular formula is C6H7BrOS. The van der Waals surface area contributed by atoms with E-state index in [9.17, 15) is 0 Å². The minimum Gasteiger partial charge on any atom is -0.389 e. The van der Waals surface area contributed by atoms with Crippen LogP contribution in [0.3, 0.4) is 0 Å². The van der Waals surface area contributed by atoms with Crippen molar-refractivity contribution in [3.05, 3.63) is 20.8 Å². The summed E-state index contributed by atoms with van der Waals surface area (Å²) in [4.78, 5) is 0. The van der Waals surface area contributed by atoms with Gasteiger partial charge in [-0.1, -0.05) is 0 Å². The Kier molecular flexibility index (Phi) is 2.27. The zero-order valence-corrected chi connectivity index (χ0v) is 7.37. The van der Waals surface area contributed by atoms with Gasteiger partial charge in [-0.05, 0) is 39.9 Å². The van der Waals surface area contributed by atoms with Gasteiger partial charge in [0.2, 0.25) is 0 Å². The van der Waals surface area contributed by atoms with E-state index in [1.807, 2.05) is 11.4 Å². The molecule has 0 aliphatic heterocycles. The fraction of sp³-hybridized carbons (Fsp3) is 0.333. The fourth-order valence-electron chi connectivity index (χ4n) is 0.542.